The Morgan fingerprint density at radius 2 is 1.69 bits per heavy atom. The van der Waals surface area contributed by atoms with Gasteiger partial charge in [0.15, 0.2) is 0 Å². The second-order valence-corrected chi connectivity index (χ2v) is 6.92. The van der Waals surface area contributed by atoms with Gasteiger partial charge in [0.1, 0.15) is 0 Å². The molecule has 1 N–H and O–H groups in total. The number of pyridine rings is 1. The lowest BCUT2D eigenvalue weighted by molar-refractivity contribution is 0.0642. The van der Waals surface area contributed by atoms with Crippen molar-refractivity contribution in [3.63, 3.8) is 0 Å². The Bertz CT molecular complexity index is 1110. The molecule has 0 radical (unpaired) electrons. The molecule has 0 fully saturated rings. The third kappa shape index (κ3) is 3.65. The average Bonchev–Trinajstić information content (AvgIpc) is 2.98. The van der Waals surface area contributed by atoms with E-state index in [4.69, 9.17) is 0 Å². The number of nitrogens with zero attached hydrogens (tertiary/aromatic N) is 2. The number of hydrogen-bond acceptors (Lipinski definition) is 4. The maximum atomic E-state index is 12.8. The summed E-state index contributed by atoms with van der Waals surface area (Å²) in [5.41, 5.74) is 3.85. The molecule has 0 saturated heterocycles. The number of nitrogens with one attached hydrogen (secondary N) is 1. The Labute approximate surface area is 168 Å². The van der Waals surface area contributed by atoms with Gasteiger partial charge in [-0.25, -0.2) is 0 Å². The van der Waals surface area contributed by atoms with Crippen molar-refractivity contribution in [3.8, 4) is 0 Å². The highest BCUT2D eigenvalue weighted by atomic mass is 16.2. The van der Waals surface area contributed by atoms with E-state index in [0.717, 1.165) is 16.7 Å². The van der Waals surface area contributed by atoms with Crippen LogP contribution in [-0.2, 0) is 13.1 Å². The normalized spacial score (nSPS) is 12.8. The standard InChI is InChI=1S/C23H19N3O3/c1-15-4-2-3-5-18(15)13-25-21(27)17-6-7-19-20(12-17)23(29)26(22(19)28)14-16-8-10-24-11-9-16/h2-12H,13-14H2,1H3,(H,25,27). The smallest absolute Gasteiger partial charge is 0.261 e. The van der Waals surface area contributed by atoms with Crippen LogP contribution >= 0.6 is 0 Å². The number of carbonyl (C=O) groups excluding carboxylic acids is 3. The van der Waals surface area contributed by atoms with Gasteiger partial charge in [-0.2, -0.15) is 0 Å². The van der Waals surface area contributed by atoms with Crippen molar-refractivity contribution >= 4 is 17.7 Å². The van der Waals surface area contributed by atoms with Gasteiger partial charge in [-0.05, 0) is 53.9 Å². The minimum Gasteiger partial charge on any atom is -0.348 e. The van der Waals surface area contributed by atoms with E-state index < -0.39 is 5.91 Å². The zero-order valence-corrected chi connectivity index (χ0v) is 15.9. The van der Waals surface area contributed by atoms with Gasteiger partial charge < -0.3 is 5.32 Å². The fourth-order valence-corrected chi connectivity index (χ4v) is 3.33. The number of aromatic nitrogens is 1. The Kier molecular flexibility index (Phi) is 4.91. The number of hydrogen-bond donors (Lipinski definition) is 1. The highest BCUT2D eigenvalue weighted by Gasteiger charge is 2.35. The maximum Gasteiger partial charge on any atom is 0.261 e. The molecule has 6 nitrogen and oxygen atoms in total. The van der Waals surface area contributed by atoms with Crippen molar-refractivity contribution in [2.24, 2.45) is 0 Å². The summed E-state index contributed by atoms with van der Waals surface area (Å²) in [7, 11) is 0. The quantitative estimate of drug-likeness (QED) is 0.685. The lowest BCUT2D eigenvalue weighted by Gasteiger charge is -2.13. The van der Waals surface area contributed by atoms with Gasteiger partial charge >= 0.3 is 0 Å². The lowest BCUT2D eigenvalue weighted by Crippen LogP contribution is -2.29. The molecule has 4 rings (SSSR count). The van der Waals surface area contributed by atoms with E-state index in [-0.39, 0.29) is 23.9 Å². The topological polar surface area (TPSA) is 79.4 Å². The zero-order valence-electron chi connectivity index (χ0n) is 15.9. The number of rotatable bonds is 5. The molecule has 2 aromatic carbocycles. The van der Waals surface area contributed by atoms with Crippen LogP contribution in [0, 0.1) is 6.92 Å². The van der Waals surface area contributed by atoms with Crippen LogP contribution in [0.15, 0.2) is 67.0 Å². The molecule has 0 aliphatic carbocycles. The van der Waals surface area contributed by atoms with Crippen molar-refractivity contribution in [1.82, 2.24) is 15.2 Å². The van der Waals surface area contributed by atoms with Crippen molar-refractivity contribution < 1.29 is 14.4 Å². The zero-order chi connectivity index (χ0) is 20.4. The van der Waals surface area contributed by atoms with Crippen LogP contribution in [0.4, 0.5) is 0 Å². The van der Waals surface area contributed by atoms with E-state index >= 15 is 0 Å². The number of imide groups is 1. The summed E-state index contributed by atoms with van der Waals surface area (Å²) >= 11 is 0. The van der Waals surface area contributed by atoms with Crippen molar-refractivity contribution in [2.75, 3.05) is 0 Å². The van der Waals surface area contributed by atoms with Crippen LogP contribution in [0.25, 0.3) is 0 Å². The molecule has 0 atom stereocenters. The first-order chi connectivity index (χ1) is 14.0. The first kappa shape index (κ1) is 18.6. The predicted molar refractivity (Wildman–Crippen MR) is 107 cm³/mol. The molecule has 1 aliphatic rings. The molecule has 3 aromatic rings. The summed E-state index contributed by atoms with van der Waals surface area (Å²) in [5.74, 6) is -1.03. The molecule has 29 heavy (non-hydrogen) atoms. The molecule has 2 heterocycles. The van der Waals surface area contributed by atoms with E-state index in [1.54, 1.807) is 36.7 Å². The van der Waals surface area contributed by atoms with Gasteiger partial charge in [-0.1, -0.05) is 24.3 Å². The van der Waals surface area contributed by atoms with E-state index in [1.807, 2.05) is 31.2 Å². The van der Waals surface area contributed by atoms with Gasteiger partial charge in [-0.15, -0.1) is 0 Å². The number of aryl methyl sites for hydroxylation is 1. The number of fused-ring (bicyclic) bond motifs is 1. The SMILES string of the molecule is Cc1ccccc1CNC(=O)c1ccc2c(c1)C(=O)N(Cc1ccncc1)C2=O. The second kappa shape index (κ2) is 7.67. The van der Waals surface area contributed by atoms with Crippen LogP contribution in [0.2, 0.25) is 0 Å². The van der Waals surface area contributed by atoms with Crippen molar-refractivity contribution in [2.45, 2.75) is 20.0 Å². The third-order valence-electron chi connectivity index (χ3n) is 5.02. The maximum absolute atomic E-state index is 12.8. The molecule has 0 spiro atoms. The number of carbonyl (C=O) groups is 3. The lowest BCUT2D eigenvalue weighted by atomic mass is 10.0. The molecular formula is C23H19N3O3. The van der Waals surface area contributed by atoms with Gasteiger partial charge in [0, 0.05) is 24.5 Å². The van der Waals surface area contributed by atoms with Crippen molar-refractivity contribution in [3.05, 3.63) is 100 Å². The second-order valence-electron chi connectivity index (χ2n) is 6.92. The van der Waals surface area contributed by atoms with Crippen molar-refractivity contribution in [1.29, 1.82) is 0 Å². The van der Waals surface area contributed by atoms with Crippen LogP contribution in [-0.4, -0.2) is 27.6 Å². The Morgan fingerprint density at radius 3 is 2.45 bits per heavy atom. The molecular weight excluding hydrogens is 366 g/mol. The van der Waals surface area contributed by atoms with Gasteiger partial charge in [0.05, 0.1) is 17.7 Å². The summed E-state index contributed by atoms with van der Waals surface area (Å²) in [6.45, 7) is 2.55. The van der Waals surface area contributed by atoms with Crippen LogP contribution in [0.3, 0.4) is 0 Å². The minimum atomic E-state index is -0.393. The highest BCUT2D eigenvalue weighted by molar-refractivity contribution is 6.22. The molecule has 1 aromatic heterocycles. The fraction of sp³-hybridized carbons (Fsp3) is 0.130. The molecule has 0 saturated carbocycles. The van der Waals surface area contributed by atoms with Crippen LogP contribution in [0.5, 0.6) is 0 Å². The molecule has 144 valence electrons. The largest absolute Gasteiger partial charge is 0.348 e. The number of benzene rings is 2. The molecule has 1 aliphatic heterocycles. The Hall–Kier alpha value is -3.80. The first-order valence-electron chi connectivity index (χ1n) is 9.26. The summed E-state index contributed by atoms with van der Waals surface area (Å²) in [6, 6.07) is 15.9. The summed E-state index contributed by atoms with van der Waals surface area (Å²) in [4.78, 5) is 43.1. The molecule has 3 amide bonds. The van der Waals surface area contributed by atoms with E-state index in [2.05, 4.69) is 10.3 Å². The van der Waals surface area contributed by atoms with Crippen LogP contribution < -0.4 is 5.32 Å². The van der Waals surface area contributed by atoms with Gasteiger partial charge in [0.25, 0.3) is 17.7 Å². The average molecular weight is 385 g/mol. The fourth-order valence-electron chi connectivity index (χ4n) is 3.33. The first-order valence-corrected chi connectivity index (χ1v) is 9.26. The number of amides is 3. The van der Waals surface area contributed by atoms with Gasteiger partial charge in [0.2, 0.25) is 0 Å². The summed E-state index contributed by atoms with van der Waals surface area (Å²) < 4.78 is 0. The van der Waals surface area contributed by atoms with E-state index in [9.17, 15) is 14.4 Å². The monoisotopic (exact) mass is 385 g/mol. The predicted octanol–water partition coefficient (Wildman–Crippen LogP) is 3.12. The Balaban J connectivity index is 1.51. The summed E-state index contributed by atoms with van der Waals surface area (Å²) in [5, 5.41) is 2.87. The minimum absolute atomic E-state index is 0.170. The molecule has 0 unspecified atom stereocenters. The Morgan fingerprint density at radius 1 is 0.966 bits per heavy atom. The highest BCUT2D eigenvalue weighted by Crippen LogP contribution is 2.25. The van der Waals surface area contributed by atoms with E-state index in [0.29, 0.717) is 17.7 Å². The summed E-state index contributed by atoms with van der Waals surface area (Å²) in [6.07, 6.45) is 3.23. The van der Waals surface area contributed by atoms with E-state index in [1.165, 1.54) is 11.0 Å². The van der Waals surface area contributed by atoms with Gasteiger partial charge in [-0.3, -0.25) is 24.3 Å². The van der Waals surface area contributed by atoms with Crippen LogP contribution in [0.1, 0.15) is 47.8 Å². The third-order valence-corrected chi connectivity index (χ3v) is 5.02. The molecule has 6 heteroatoms. The molecule has 0 bridgehead atoms.